The molecule has 2 aliphatic carbocycles. The van der Waals surface area contributed by atoms with E-state index in [2.05, 4.69) is 20.8 Å². The third kappa shape index (κ3) is 1.74. The molecule has 1 unspecified atom stereocenters. The zero-order valence-electron chi connectivity index (χ0n) is 10.9. The molecule has 0 aliphatic heterocycles. The molecular weight excluding hydrogens is 180 g/mol. The molecule has 2 rings (SSSR count). The van der Waals surface area contributed by atoms with E-state index in [1.165, 1.54) is 57.8 Å². The Bertz CT molecular complexity index is 214. The van der Waals surface area contributed by atoms with E-state index in [4.69, 9.17) is 0 Å². The summed E-state index contributed by atoms with van der Waals surface area (Å²) in [5.74, 6) is 1.03. The number of hydrogen-bond donors (Lipinski definition) is 0. The van der Waals surface area contributed by atoms with E-state index in [0.717, 1.165) is 5.92 Å². The summed E-state index contributed by atoms with van der Waals surface area (Å²) in [6.07, 6.45) is 13.4. The summed E-state index contributed by atoms with van der Waals surface area (Å²) in [6, 6.07) is 0. The van der Waals surface area contributed by atoms with Crippen LogP contribution in [0.3, 0.4) is 0 Å². The maximum absolute atomic E-state index is 2.62. The molecule has 3 atom stereocenters. The zero-order chi connectivity index (χ0) is 10.9. The second-order valence-corrected chi connectivity index (χ2v) is 6.56. The molecule has 0 aromatic heterocycles. The minimum atomic E-state index is 0.680. The van der Waals surface area contributed by atoms with E-state index in [0.29, 0.717) is 10.8 Å². The first kappa shape index (κ1) is 11.5. The molecule has 0 nitrogen and oxygen atoms in total. The fraction of sp³-hybridized carbons (Fsp3) is 1.00. The van der Waals surface area contributed by atoms with Crippen LogP contribution in [0.1, 0.15) is 78.6 Å². The molecule has 15 heavy (non-hydrogen) atoms. The average Bonchev–Trinajstić information content (AvgIpc) is 2.21. The SMILES string of the molecule is CCCC1CCC[C@@]2(C)CCCC[C@@]12C. The Morgan fingerprint density at radius 2 is 1.67 bits per heavy atom. The van der Waals surface area contributed by atoms with Gasteiger partial charge < -0.3 is 0 Å². The first-order valence-electron chi connectivity index (χ1n) is 7.12. The molecular formula is C15H28. The highest BCUT2D eigenvalue weighted by molar-refractivity contribution is 5.01. The maximum Gasteiger partial charge on any atom is -0.0244 e. The summed E-state index contributed by atoms with van der Waals surface area (Å²) < 4.78 is 0. The molecule has 0 heterocycles. The molecule has 88 valence electrons. The Morgan fingerprint density at radius 1 is 1.00 bits per heavy atom. The molecule has 0 aromatic carbocycles. The van der Waals surface area contributed by atoms with Crippen LogP contribution in [0.15, 0.2) is 0 Å². The predicted octanol–water partition coefficient (Wildman–Crippen LogP) is 5.17. The van der Waals surface area contributed by atoms with Crippen molar-refractivity contribution in [2.75, 3.05) is 0 Å². The fourth-order valence-electron chi connectivity index (χ4n) is 4.57. The number of fused-ring (bicyclic) bond motifs is 1. The lowest BCUT2D eigenvalue weighted by Crippen LogP contribution is -2.48. The molecule has 0 radical (unpaired) electrons. The van der Waals surface area contributed by atoms with Crippen molar-refractivity contribution in [3.8, 4) is 0 Å². The normalized spacial score (nSPS) is 46.2. The van der Waals surface area contributed by atoms with E-state index in [1.54, 1.807) is 0 Å². The van der Waals surface area contributed by atoms with Crippen LogP contribution in [0.2, 0.25) is 0 Å². The summed E-state index contributed by atoms with van der Waals surface area (Å²) in [6.45, 7) is 7.57. The minimum Gasteiger partial charge on any atom is -0.0654 e. The smallest absolute Gasteiger partial charge is 0.0244 e. The second-order valence-electron chi connectivity index (χ2n) is 6.56. The van der Waals surface area contributed by atoms with Gasteiger partial charge in [-0.3, -0.25) is 0 Å². The van der Waals surface area contributed by atoms with Crippen molar-refractivity contribution in [2.24, 2.45) is 16.7 Å². The molecule has 2 saturated carbocycles. The quantitative estimate of drug-likeness (QED) is 0.587. The fourth-order valence-corrected chi connectivity index (χ4v) is 4.57. The van der Waals surface area contributed by atoms with Gasteiger partial charge in [0.1, 0.15) is 0 Å². The van der Waals surface area contributed by atoms with E-state index in [9.17, 15) is 0 Å². The topological polar surface area (TPSA) is 0 Å². The highest BCUT2D eigenvalue weighted by atomic mass is 14.6. The Morgan fingerprint density at radius 3 is 2.40 bits per heavy atom. The predicted molar refractivity (Wildman–Crippen MR) is 66.9 cm³/mol. The molecule has 0 aromatic rings. The average molecular weight is 208 g/mol. The van der Waals surface area contributed by atoms with Crippen LogP contribution >= 0.6 is 0 Å². The third-order valence-electron chi connectivity index (χ3n) is 5.87. The van der Waals surface area contributed by atoms with Gasteiger partial charge in [0.25, 0.3) is 0 Å². The van der Waals surface area contributed by atoms with Crippen molar-refractivity contribution in [3.63, 3.8) is 0 Å². The summed E-state index contributed by atoms with van der Waals surface area (Å²) in [5, 5.41) is 0. The van der Waals surface area contributed by atoms with Crippen LogP contribution in [0.4, 0.5) is 0 Å². The molecule has 0 amide bonds. The van der Waals surface area contributed by atoms with Crippen LogP contribution in [0.25, 0.3) is 0 Å². The third-order valence-corrected chi connectivity index (χ3v) is 5.87. The number of hydrogen-bond acceptors (Lipinski definition) is 0. The first-order chi connectivity index (χ1) is 7.12. The Labute approximate surface area is 95.8 Å². The van der Waals surface area contributed by atoms with Crippen molar-refractivity contribution in [3.05, 3.63) is 0 Å². The monoisotopic (exact) mass is 208 g/mol. The Balaban J connectivity index is 2.21. The van der Waals surface area contributed by atoms with E-state index < -0.39 is 0 Å². The Kier molecular flexibility index (Phi) is 3.14. The molecule has 0 bridgehead atoms. The lowest BCUT2D eigenvalue weighted by Gasteiger charge is -2.58. The van der Waals surface area contributed by atoms with Crippen molar-refractivity contribution < 1.29 is 0 Å². The summed E-state index contributed by atoms with van der Waals surface area (Å²) in [5.41, 5.74) is 1.36. The van der Waals surface area contributed by atoms with Crippen molar-refractivity contribution in [1.29, 1.82) is 0 Å². The van der Waals surface area contributed by atoms with Crippen LogP contribution < -0.4 is 0 Å². The maximum atomic E-state index is 2.62. The molecule has 0 N–H and O–H groups in total. The minimum absolute atomic E-state index is 0.680. The summed E-state index contributed by atoms with van der Waals surface area (Å²) >= 11 is 0. The molecule has 0 spiro atoms. The van der Waals surface area contributed by atoms with Crippen LogP contribution in [0.5, 0.6) is 0 Å². The lowest BCUT2D eigenvalue weighted by molar-refractivity contribution is -0.0772. The van der Waals surface area contributed by atoms with Crippen molar-refractivity contribution in [1.82, 2.24) is 0 Å². The molecule has 2 fully saturated rings. The van der Waals surface area contributed by atoms with Gasteiger partial charge in [-0.2, -0.15) is 0 Å². The first-order valence-corrected chi connectivity index (χ1v) is 7.12. The van der Waals surface area contributed by atoms with Gasteiger partial charge in [0, 0.05) is 0 Å². The lowest BCUT2D eigenvalue weighted by atomic mass is 9.47. The highest BCUT2D eigenvalue weighted by Crippen LogP contribution is 2.61. The van der Waals surface area contributed by atoms with Gasteiger partial charge in [0.05, 0.1) is 0 Å². The van der Waals surface area contributed by atoms with Crippen molar-refractivity contribution >= 4 is 0 Å². The number of rotatable bonds is 2. The van der Waals surface area contributed by atoms with Gasteiger partial charge in [-0.05, 0) is 42.4 Å². The van der Waals surface area contributed by atoms with E-state index in [1.807, 2.05) is 0 Å². The van der Waals surface area contributed by atoms with Crippen LogP contribution in [0, 0.1) is 16.7 Å². The van der Waals surface area contributed by atoms with Crippen LogP contribution in [-0.2, 0) is 0 Å². The van der Waals surface area contributed by atoms with Gasteiger partial charge in [0.15, 0.2) is 0 Å². The van der Waals surface area contributed by atoms with E-state index >= 15 is 0 Å². The summed E-state index contributed by atoms with van der Waals surface area (Å²) in [4.78, 5) is 0. The molecule has 0 heteroatoms. The summed E-state index contributed by atoms with van der Waals surface area (Å²) in [7, 11) is 0. The zero-order valence-corrected chi connectivity index (χ0v) is 10.9. The van der Waals surface area contributed by atoms with Crippen molar-refractivity contribution in [2.45, 2.75) is 78.6 Å². The van der Waals surface area contributed by atoms with Gasteiger partial charge in [0.2, 0.25) is 0 Å². The van der Waals surface area contributed by atoms with Gasteiger partial charge in [-0.1, -0.05) is 52.9 Å². The van der Waals surface area contributed by atoms with Gasteiger partial charge >= 0.3 is 0 Å². The standard InChI is InChI=1S/C15H28/c1-4-8-13-9-7-11-14(2)10-5-6-12-15(13,14)3/h13H,4-12H2,1-3H3/t13?,14-,15+/m1/s1. The van der Waals surface area contributed by atoms with Gasteiger partial charge in [-0.25, -0.2) is 0 Å². The van der Waals surface area contributed by atoms with Gasteiger partial charge in [-0.15, -0.1) is 0 Å². The van der Waals surface area contributed by atoms with Crippen LogP contribution in [-0.4, -0.2) is 0 Å². The largest absolute Gasteiger partial charge is 0.0654 e. The highest BCUT2D eigenvalue weighted by Gasteiger charge is 2.51. The second kappa shape index (κ2) is 4.11. The molecule has 2 aliphatic rings. The van der Waals surface area contributed by atoms with E-state index in [-0.39, 0.29) is 0 Å². The molecule has 0 saturated heterocycles. The Hall–Kier alpha value is 0.